The van der Waals surface area contributed by atoms with Crippen LogP contribution in [0.2, 0.25) is 0 Å². The molecule has 0 saturated carbocycles. The predicted octanol–water partition coefficient (Wildman–Crippen LogP) is 0.449. The maximum absolute atomic E-state index is 11.9. The van der Waals surface area contributed by atoms with E-state index in [0.717, 1.165) is 29.3 Å². The fourth-order valence-electron chi connectivity index (χ4n) is 1.29. The molecular weight excluding hydrogens is 288 g/mol. The summed E-state index contributed by atoms with van der Waals surface area (Å²) in [5.41, 5.74) is -0.221. The van der Waals surface area contributed by atoms with E-state index in [1.165, 1.54) is 7.05 Å². The molecule has 0 unspecified atom stereocenters. The van der Waals surface area contributed by atoms with E-state index >= 15 is 0 Å². The molecule has 0 radical (unpaired) electrons. The molecule has 10 heteroatoms. The van der Waals surface area contributed by atoms with Gasteiger partial charge in [-0.25, -0.2) is 18.2 Å². The van der Waals surface area contributed by atoms with Crippen LogP contribution in [-0.2, 0) is 10.0 Å². The van der Waals surface area contributed by atoms with Crippen LogP contribution in [0.15, 0.2) is 29.2 Å². The van der Waals surface area contributed by atoms with Crippen molar-refractivity contribution in [3.8, 4) is 0 Å². The van der Waals surface area contributed by atoms with Crippen molar-refractivity contribution in [3.63, 3.8) is 0 Å². The lowest BCUT2D eigenvalue weighted by atomic mass is 10.3. The number of urea groups is 1. The first-order chi connectivity index (χ1) is 9.27. The number of hydrogen-bond donors (Lipinski definition) is 2. The highest BCUT2D eigenvalue weighted by Gasteiger charge is 2.20. The Morgan fingerprint density at radius 1 is 1.35 bits per heavy atom. The minimum absolute atomic E-state index is 0.181. The predicted molar refractivity (Wildman–Crippen MR) is 70.3 cm³/mol. The van der Waals surface area contributed by atoms with Gasteiger partial charge in [0.2, 0.25) is 0 Å². The first kappa shape index (κ1) is 15.9. The molecule has 0 heterocycles. The number of nitrogens with zero attached hydrogens (tertiary/aromatic N) is 2. The molecule has 1 rings (SSSR count). The second-order valence-corrected chi connectivity index (χ2v) is 5.40. The number of carbonyl (C=O) groups excluding carboxylic acids is 1. The van der Waals surface area contributed by atoms with Gasteiger partial charge >= 0.3 is 6.03 Å². The van der Waals surface area contributed by atoms with E-state index in [0.29, 0.717) is 6.54 Å². The third kappa shape index (κ3) is 3.90. The monoisotopic (exact) mass is 302 g/mol. The van der Waals surface area contributed by atoms with Gasteiger partial charge in [0.05, 0.1) is 9.82 Å². The van der Waals surface area contributed by atoms with Gasteiger partial charge < -0.3 is 5.32 Å². The molecule has 0 spiro atoms. The second kappa shape index (κ2) is 6.30. The Kier molecular flexibility index (Phi) is 5.00. The molecular formula is C10H14N4O5S. The summed E-state index contributed by atoms with van der Waals surface area (Å²) in [4.78, 5) is 23.1. The van der Waals surface area contributed by atoms with E-state index in [1.807, 2.05) is 4.83 Å². The standard InChI is InChI=1S/C10H14N4O5S/c1-3-11-10(15)13(2)12-20(18,19)9-6-4-8(5-7-9)14(16)17/h4-7,12H,3H2,1-2H3,(H,11,15). The summed E-state index contributed by atoms with van der Waals surface area (Å²) < 4.78 is 23.9. The van der Waals surface area contributed by atoms with Crippen molar-refractivity contribution in [1.82, 2.24) is 15.2 Å². The van der Waals surface area contributed by atoms with Crippen molar-refractivity contribution in [1.29, 1.82) is 0 Å². The van der Waals surface area contributed by atoms with Gasteiger partial charge in [-0.15, -0.1) is 4.83 Å². The topological polar surface area (TPSA) is 122 Å². The molecule has 2 N–H and O–H groups in total. The number of rotatable bonds is 5. The fraction of sp³-hybridized carbons (Fsp3) is 0.300. The first-order valence-corrected chi connectivity index (χ1v) is 7.04. The maximum Gasteiger partial charge on any atom is 0.332 e. The highest BCUT2D eigenvalue weighted by Crippen LogP contribution is 2.15. The van der Waals surface area contributed by atoms with Crippen LogP contribution in [0.1, 0.15) is 6.92 Å². The minimum Gasteiger partial charge on any atom is -0.337 e. The molecule has 9 nitrogen and oxygen atoms in total. The van der Waals surface area contributed by atoms with Gasteiger partial charge in [0, 0.05) is 25.7 Å². The molecule has 20 heavy (non-hydrogen) atoms. The van der Waals surface area contributed by atoms with Crippen LogP contribution in [0.5, 0.6) is 0 Å². The molecule has 0 aliphatic heterocycles. The average molecular weight is 302 g/mol. The lowest BCUT2D eigenvalue weighted by Crippen LogP contribution is -2.48. The van der Waals surface area contributed by atoms with Crippen LogP contribution < -0.4 is 10.1 Å². The van der Waals surface area contributed by atoms with Gasteiger partial charge in [0.25, 0.3) is 15.7 Å². The smallest absolute Gasteiger partial charge is 0.332 e. The van der Waals surface area contributed by atoms with Gasteiger partial charge in [-0.1, -0.05) is 0 Å². The van der Waals surface area contributed by atoms with Crippen LogP contribution in [0.25, 0.3) is 0 Å². The summed E-state index contributed by atoms with van der Waals surface area (Å²) in [6.07, 6.45) is 0. The van der Waals surface area contributed by atoms with E-state index in [1.54, 1.807) is 6.92 Å². The molecule has 110 valence electrons. The molecule has 2 amide bonds. The van der Waals surface area contributed by atoms with Crippen LogP contribution in [0.4, 0.5) is 10.5 Å². The van der Waals surface area contributed by atoms with Gasteiger partial charge in [-0.3, -0.25) is 10.1 Å². The Morgan fingerprint density at radius 2 is 1.90 bits per heavy atom. The molecule has 0 atom stereocenters. The summed E-state index contributed by atoms with van der Waals surface area (Å²) in [6, 6.07) is 3.71. The molecule has 0 aromatic heterocycles. The number of nitro benzene ring substituents is 1. The van der Waals surface area contributed by atoms with E-state index in [4.69, 9.17) is 0 Å². The van der Waals surface area contributed by atoms with E-state index < -0.39 is 21.0 Å². The van der Waals surface area contributed by atoms with Crippen LogP contribution in [0.3, 0.4) is 0 Å². The van der Waals surface area contributed by atoms with Crippen molar-refractivity contribution in [2.45, 2.75) is 11.8 Å². The molecule has 0 aliphatic rings. The number of sulfonamides is 1. The maximum atomic E-state index is 11.9. The van der Waals surface area contributed by atoms with Crippen molar-refractivity contribution < 1.29 is 18.1 Å². The zero-order valence-electron chi connectivity index (χ0n) is 10.9. The second-order valence-electron chi connectivity index (χ2n) is 3.74. The minimum atomic E-state index is -3.97. The molecule has 0 fully saturated rings. The van der Waals surface area contributed by atoms with Crippen LogP contribution >= 0.6 is 0 Å². The van der Waals surface area contributed by atoms with Crippen molar-refractivity contribution in [2.75, 3.05) is 13.6 Å². The van der Waals surface area contributed by atoms with Gasteiger partial charge in [-0.05, 0) is 19.1 Å². The zero-order valence-corrected chi connectivity index (χ0v) is 11.7. The molecule has 0 aliphatic carbocycles. The first-order valence-electron chi connectivity index (χ1n) is 5.56. The van der Waals surface area contributed by atoms with Gasteiger partial charge in [0.1, 0.15) is 0 Å². The Morgan fingerprint density at radius 3 is 2.35 bits per heavy atom. The number of carbonyl (C=O) groups is 1. The third-order valence-corrected chi connectivity index (χ3v) is 3.65. The third-order valence-electron chi connectivity index (χ3n) is 2.25. The fourth-order valence-corrected chi connectivity index (χ4v) is 2.33. The molecule has 1 aromatic rings. The number of hydrogen-bond acceptors (Lipinski definition) is 5. The largest absolute Gasteiger partial charge is 0.337 e. The number of amides is 2. The highest BCUT2D eigenvalue weighted by molar-refractivity contribution is 7.89. The SMILES string of the molecule is CCNC(=O)N(C)NS(=O)(=O)c1ccc([N+](=O)[O-])cc1. The van der Waals surface area contributed by atoms with E-state index in [-0.39, 0.29) is 10.6 Å². The van der Waals surface area contributed by atoms with Gasteiger partial charge in [-0.2, -0.15) is 0 Å². The summed E-state index contributed by atoms with van der Waals surface area (Å²) in [5.74, 6) is 0. The quantitative estimate of drug-likeness (QED) is 0.604. The zero-order chi connectivity index (χ0) is 15.3. The number of non-ortho nitro benzene ring substituents is 1. The number of hydrazine groups is 1. The van der Waals surface area contributed by atoms with E-state index in [2.05, 4.69) is 5.32 Å². The Hall–Kier alpha value is -2.20. The summed E-state index contributed by atoms with van der Waals surface area (Å²) in [6.45, 7) is 2.04. The van der Waals surface area contributed by atoms with Crippen molar-refractivity contribution >= 4 is 21.7 Å². The summed E-state index contributed by atoms with van der Waals surface area (Å²) in [5, 5.41) is 13.7. The van der Waals surface area contributed by atoms with Crippen molar-refractivity contribution in [2.24, 2.45) is 0 Å². The number of nitro groups is 1. The Bertz CT molecular complexity index is 599. The molecule has 0 saturated heterocycles. The number of benzene rings is 1. The number of nitrogens with one attached hydrogen (secondary N) is 2. The summed E-state index contributed by atoms with van der Waals surface area (Å²) in [7, 11) is -2.73. The lowest BCUT2D eigenvalue weighted by molar-refractivity contribution is -0.384. The van der Waals surface area contributed by atoms with E-state index in [9.17, 15) is 23.3 Å². The lowest BCUT2D eigenvalue weighted by Gasteiger charge is -2.18. The van der Waals surface area contributed by atoms with Crippen LogP contribution in [0, 0.1) is 10.1 Å². The molecule has 0 bridgehead atoms. The van der Waals surface area contributed by atoms with Crippen molar-refractivity contribution in [3.05, 3.63) is 34.4 Å². The van der Waals surface area contributed by atoms with Crippen LogP contribution in [-0.4, -0.2) is 38.0 Å². The Labute approximate surface area is 115 Å². The molecule has 1 aromatic carbocycles. The average Bonchev–Trinajstić information content (AvgIpc) is 2.38. The van der Waals surface area contributed by atoms with Gasteiger partial charge in [0.15, 0.2) is 0 Å². The Balaban J connectivity index is 2.88. The normalized spacial score (nSPS) is 10.9. The highest BCUT2D eigenvalue weighted by atomic mass is 32.2. The summed E-state index contributed by atoms with van der Waals surface area (Å²) >= 11 is 0.